The Bertz CT molecular complexity index is 640. The molecule has 8 atom stereocenters. The Hall–Kier alpha value is -0.260. The van der Waals surface area contributed by atoms with E-state index in [2.05, 4.69) is 54.5 Å². The van der Waals surface area contributed by atoms with E-state index in [1.165, 1.54) is 77.0 Å². The fourth-order valence-electron chi connectivity index (χ4n) is 9.49. The smallest absolute Gasteiger partial charge is 0.00849 e. The van der Waals surface area contributed by atoms with Crippen LogP contribution in [0.3, 0.4) is 0 Å². The lowest BCUT2D eigenvalue weighted by molar-refractivity contribution is -0.0635. The Kier molecular flexibility index (Phi) is 7.07. The van der Waals surface area contributed by atoms with Gasteiger partial charge in [-0.1, -0.05) is 79.4 Å². The average molecular weight is 427 g/mol. The highest BCUT2D eigenvalue weighted by atomic mass is 14.6. The summed E-state index contributed by atoms with van der Waals surface area (Å²) in [7, 11) is 0. The molecule has 0 aliphatic heterocycles. The zero-order valence-corrected chi connectivity index (χ0v) is 22.2. The number of fused-ring (bicyclic) bond motifs is 5. The maximum absolute atomic E-state index is 2.83. The van der Waals surface area contributed by atoms with Gasteiger partial charge in [-0.15, -0.1) is 0 Å². The summed E-state index contributed by atoms with van der Waals surface area (Å²) in [5, 5.41) is 0. The molecule has 0 aromatic carbocycles. The van der Waals surface area contributed by atoms with Crippen LogP contribution in [0, 0.1) is 58.2 Å². The van der Waals surface area contributed by atoms with Crippen molar-refractivity contribution in [3.63, 3.8) is 0 Å². The van der Waals surface area contributed by atoms with Gasteiger partial charge in [-0.25, -0.2) is 0 Å². The molecule has 178 valence electrons. The number of allylic oxidation sites excluding steroid dienone is 2. The van der Waals surface area contributed by atoms with Gasteiger partial charge in [-0.3, -0.25) is 0 Å². The van der Waals surface area contributed by atoms with Crippen LogP contribution in [0.25, 0.3) is 0 Å². The molecule has 0 nitrogen and oxygen atoms in total. The molecule has 0 aromatic heterocycles. The molecule has 3 saturated carbocycles. The minimum atomic E-state index is 0.529. The van der Waals surface area contributed by atoms with E-state index in [1.807, 2.05) is 5.57 Å². The third-order valence-electron chi connectivity index (χ3n) is 11.1. The molecule has 0 saturated heterocycles. The molecule has 0 spiro atoms. The summed E-state index contributed by atoms with van der Waals surface area (Å²) in [6.07, 6.45) is 20.6. The van der Waals surface area contributed by atoms with Crippen LogP contribution in [0.1, 0.15) is 126 Å². The number of unbranched alkanes of at least 4 members (excludes halogenated alkanes) is 1. The maximum atomic E-state index is 2.83. The van der Waals surface area contributed by atoms with Gasteiger partial charge < -0.3 is 0 Å². The van der Waals surface area contributed by atoms with Crippen molar-refractivity contribution >= 4 is 0 Å². The standard InChI is InChI=1S/C31H54/c1-21(2)10-8-9-11-25-12-13-27-29-23(5)19-26-20-24(18-22(3)4)14-16-31(26,7)28(29)15-17-30(25,27)6/h19,21-25,27-29H,8-18,20H2,1-7H3. The molecule has 0 N–H and O–H groups in total. The topological polar surface area (TPSA) is 0 Å². The molecule has 0 bridgehead atoms. The van der Waals surface area contributed by atoms with Crippen LogP contribution in [-0.2, 0) is 0 Å². The molecule has 0 heteroatoms. The van der Waals surface area contributed by atoms with Crippen LogP contribution in [-0.4, -0.2) is 0 Å². The highest BCUT2D eigenvalue weighted by molar-refractivity contribution is 5.26. The van der Waals surface area contributed by atoms with Crippen molar-refractivity contribution in [3.05, 3.63) is 11.6 Å². The number of hydrogen-bond acceptors (Lipinski definition) is 0. The summed E-state index contributed by atoms with van der Waals surface area (Å²) in [5.74, 6) is 7.46. The van der Waals surface area contributed by atoms with Gasteiger partial charge in [0, 0.05) is 0 Å². The van der Waals surface area contributed by atoms with Gasteiger partial charge in [0.1, 0.15) is 0 Å². The third kappa shape index (κ3) is 4.45. The second kappa shape index (κ2) is 9.18. The predicted octanol–water partition coefficient (Wildman–Crippen LogP) is 9.69. The summed E-state index contributed by atoms with van der Waals surface area (Å²) in [6.45, 7) is 17.7. The first-order chi connectivity index (χ1) is 14.6. The van der Waals surface area contributed by atoms with Gasteiger partial charge in [-0.05, 0) is 116 Å². The van der Waals surface area contributed by atoms with Crippen LogP contribution < -0.4 is 0 Å². The zero-order valence-electron chi connectivity index (χ0n) is 22.2. The van der Waals surface area contributed by atoms with Gasteiger partial charge in [-0.2, -0.15) is 0 Å². The first kappa shape index (κ1) is 23.9. The highest BCUT2D eigenvalue weighted by Gasteiger charge is 2.59. The third-order valence-corrected chi connectivity index (χ3v) is 11.1. The van der Waals surface area contributed by atoms with Gasteiger partial charge in [0.15, 0.2) is 0 Å². The fraction of sp³-hybridized carbons (Fsp3) is 0.935. The van der Waals surface area contributed by atoms with E-state index in [9.17, 15) is 0 Å². The SMILES string of the molecule is CC(C)CCCCC1CCC2C3C(C)C=C4CC(CC(C)C)CCC4(C)C3CCC12C. The molecular formula is C31H54. The molecule has 0 amide bonds. The van der Waals surface area contributed by atoms with Gasteiger partial charge in [0.2, 0.25) is 0 Å². The number of hydrogen-bond donors (Lipinski definition) is 0. The van der Waals surface area contributed by atoms with Crippen LogP contribution in [0.4, 0.5) is 0 Å². The summed E-state index contributed by atoms with van der Waals surface area (Å²) in [6, 6.07) is 0. The van der Waals surface area contributed by atoms with Crippen molar-refractivity contribution in [2.24, 2.45) is 58.2 Å². The molecule has 0 aromatic rings. The molecule has 8 unspecified atom stereocenters. The summed E-state index contributed by atoms with van der Waals surface area (Å²) in [4.78, 5) is 0. The fourth-order valence-corrected chi connectivity index (χ4v) is 9.49. The summed E-state index contributed by atoms with van der Waals surface area (Å²) in [5.41, 5.74) is 3.07. The molecular weight excluding hydrogens is 372 g/mol. The van der Waals surface area contributed by atoms with Crippen LogP contribution in [0.5, 0.6) is 0 Å². The largest absolute Gasteiger partial charge is 0.0816 e. The Morgan fingerprint density at radius 1 is 0.903 bits per heavy atom. The molecule has 3 fully saturated rings. The van der Waals surface area contributed by atoms with Gasteiger partial charge in [0.25, 0.3) is 0 Å². The van der Waals surface area contributed by atoms with E-state index in [1.54, 1.807) is 0 Å². The van der Waals surface area contributed by atoms with Crippen molar-refractivity contribution < 1.29 is 0 Å². The monoisotopic (exact) mass is 426 g/mol. The Morgan fingerprint density at radius 2 is 1.68 bits per heavy atom. The molecule has 31 heavy (non-hydrogen) atoms. The van der Waals surface area contributed by atoms with Crippen LogP contribution in [0.15, 0.2) is 11.6 Å². The van der Waals surface area contributed by atoms with Crippen molar-refractivity contribution in [3.8, 4) is 0 Å². The van der Waals surface area contributed by atoms with E-state index < -0.39 is 0 Å². The molecule has 0 radical (unpaired) electrons. The first-order valence-electron chi connectivity index (χ1n) is 14.4. The maximum Gasteiger partial charge on any atom is -0.00849 e. The van der Waals surface area contributed by atoms with Crippen molar-refractivity contribution in [1.29, 1.82) is 0 Å². The van der Waals surface area contributed by atoms with Crippen LogP contribution in [0.2, 0.25) is 0 Å². The van der Waals surface area contributed by atoms with E-state index >= 15 is 0 Å². The lowest BCUT2D eigenvalue weighted by Gasteiger charge is -2.60. The zero-order chi connectivity index (χ0) is 22.4. The second-order valence-corrected chi connectivity index (χ2v) is 14.0. The first-order valence-corrected chi connectivity index (χ1v) is 14.4. The van der Waals surface area contributed by atoms with Crippen molar-refractivity contribution in [2.45, 2.75) is 126 Å². The minimum absolute atomic E-state index is 0.529. The van der Waals surface area contributed by atoms with Gasteiger partial charge >= 0.3 is 0 Å². The molecule has 4 aliphatic carbocycles. The van der Waals surface area contributed by atoms with E-state index in [0.29, 0.717) is 10.8 Å². The average Bonchev–Trinajstić information content (AvgIpc) is 3.02. The van der Waals surface area contributed by atoms with E-state index in [4.69, 9.17) is 0 Å². The van der Waals surface area contributed by atoms with E-state index in [0.717, 1.165) is 47.3 Å². The summed E-state index contributed by atoms with van der Waals surface area (Å²) >= 11 is 0. The molecule has 4 aliphatic rings. The predicted molar refractivity (Wildman–Crippen MR) is 136 cm³/mol. The highest BCUT2D eigenvalue weighted by Crippen LogP contribution is 2.68. The number of rotatable bonds is 7. The normalized spacial score (nSPS) is 44.7. The Labute approximate surface area is 195 Å². The second-order valence-electron chi connectivity index (χ2n) is 14.0. The van der Waals surface area contributed by atoms with E-state index in [-0.39, 0.29) is 0 Å². The van der Waals surface area contributed by atoms with Crippen molar-refractivity contribution in [1.82, 2.24) is 0 Å². The lowest BCUT2D eigenvalue weighted by atomic mass is 9.45. The molecule has 4 rings (SSSR count). The van der Waals surface area contributed by atoms with Crippen molar-refractivity contribution in [2.75, 3.05) is 0 Å². The quantitative estimate of drug-likeness (QED) is 0.281. The Balaban J connectivity index is 1.48. The van der Waals surface area contributed by atoms with Crippen LogP contribution >= 0.6 is 0 Å². The Morgan fingerprint density at radius 3 is 2.39 bits per heavy atom. The summed E-state index contributed by atoms with van der Waals surface area (Å²) < 4.78 is 0. The minimum Gasteiger partial charge on any atom is -0.0816 e. The lowest BCUT2D eigenvalue weighted by Crippen LogP contribution is -2.52. The van der Waals surface area contributed by atoms with Gasteiger partial charge in [0.05, 0.1) is 0 Å². The molecule has 0 heterocycles.